The summed E-state index contributed by atoms with van der Waals surface area (Å²) in [6.45, 7) is 0. The Morgan fingerprint density at radius 3 is 2.00 bits per heavy atom. The predicted molar refractivity (Wildman–Crippen MR) is 40.0 cm³/mol. The van der Waals surface area contributed by atoms with Gasteiger partial charge in [0.05, 0.1) is 0 Å². The molecule has 0 aromatic heterocycles. The molecule has 0 fully saturated rings. The molecule has 0 saturated carbocycles. The number of hydrogen-bond donors (Lipinski definition) is 1. The van der Waals surface area contributed by atoms with Crippen molar-refractivity contribution < 1.29 is 9.90 Å². The number of halogens is 3. The molecule has 0 aliphatic carbocycles. The average Bonchev–Trinajstić information content (AvgIpc) is 1.82. The van der Waals surface area contributed by atoms with E-state index in [1.807, 2.05) is 5.92 Å². The van der Waals surface area contributed by atoms with Crippen LogP contribution in [0.25, 0.3) is 0 Å². The van der Waals surface area contributed by atoms with Crippen LogP contribution in [0, 0.1) is 11.8 Å². The van der Waals surface area contributed by atoms with Crippen molar-refractivity contribution in [1.82, 2.24) is 0 Å². The van der Waals surface area contributed by atoms with Crippen molar-refractivity contribution in [2.45, 2.75) is 0 Å². The Bertz CT molecular complexity index is 229. The van der Waals surface area contributed by atoms with Crippen LogP contribution in [0.3, 0.4) is 0 Å². The fourth-order valence-corrected chi connectivity index (χ4v) is 0.297. The molecule has 0 amide bonds. The molecule has 0 heterocycles. The highest BCUT2D eigenvalue weighted by atomic mass is 35.5. The van der Waals surface area contributed by atoms with E-state index in [4.69, 9.17) is 39.9 Å². The predicted octanol–water partition coefficient (Wildman–Crippen LogP) is 1.96. The molecule has 2 nitrogen and oxygen atoms in total. The molecule has 54 valence electrons. The van der Waals surface area contributed by atoms with Crippen LogP contribution >= 0.6 is 34.8 Å². The zero-order chi connectivity index (χ0) is 8.15. The van der Waals surface area contributed by atoms with Crippen LogP contribution in [0.2, 0.25) is 0 Å². The van der Waals surface area contributed by atoms with Crippen molar-refractivity contribution in [3.8, 4) is 11.8 Å². The van der Waals surface area contributed by atoms with Crippen LogP contribution in [0.4, 0.5) is 0 Å². The lowest BCUT2D eigenvalue weighted by Gasteiger charge is -1.80. The minimum atomic E-state index is -1.28. The third-order valence-corrected chi connectivity index (χ3v) is 1.30. The van der Waals surface area contributed by atoms with Gasteiger partial charge in [0.25, 0.3) is 0 Å². The zero-order valence-electron chi connectivity index (χ0n) is 4.49. The standard InChI is InChI=1S/C5HCl3O2/c6-3(5(7)8)1-2-4(9)10/h(H,9,10). The molecular weight excluding hydrogens is 198 g/mol. The third-order valence-electron chi connectivity index (χ3n) is 0.445. The topological polar surface area (TPSA) is 37.3 Å². The Kier molecular flexibility index (Phi) is 4.29. The second kappa shape index (κ2) is 4.45. The van der Waals surface area contributed by atoms with Gasteiger partial charge in [-0.3, -0.25) is 0 Å². The second-order valence-corrected chi connectivity index (χ2v) is 2.46. The fraction of sp³-hybridized carbons (Fsp3) is 0. The van der Waals surface area contributed by atoms with Crippen LogP contribution in [-0.2, 0) is 4.79 Å². The smallest absolute Gasteiger partial charge is 0.382 e. The van der Waals surface area contributed by atoms with Crippen LogP contribution in [0.15, 0.2) is 9.52 Å². The second-order valence-electron chi connectivity index (χ2n) is 1.13. The summed E-state index contributed by atoms with van der Waals surface area (Å²) in [7, 11) is 0. The van der Waals surface area contributed by atoms with Crippen molar-refractivity contribution >= 4 is 40.8 Å². The van der Waals surface area contributed by atoms with E-state index in [1.54, 1.807) is 5.92 Å². The summed E-state index contributed by atoms with van der Waals surface area (Å²) in [6.07, 6.45) is 0. The summed E-state index contributed by atoms with van der Waals surface area (Å²) in [5.41, 5.74) is 0. The van der Waals surface area contributed by atoms with Gasteiger partial charge in [-0.25, -0.2) is 4.79 Å². The van der Waals surface area contributed by atoms with E-state index in [1.165, 1.54) is 0 Å². The van der Waals surface area contributed by atoms with Gasteiger partial charge in [-0.2, -0.15) is 0 Å². The summed E-state index contributed by atoms with van der Waals surface area (Å²) in [4.78, 5) is 9.79. The molecule has 0 aliphatic heterocycles. The number of carboxylic acids is 1. The van der Waals surface area contributed by atoms with Crippen LogP contribution in [-0.4, -0.2) is 11.1 Å². The van der Waals surface area contributed by atoms with E-state index < -0.39 is 5.97 Å². The number of aliphatic carboxylic acids is 1. The van der Waals surface area contributed by atoms with E-state index in [-0.39, 0.29) is 9.52 Å². The highest BCUT2D eigenvalue weighted by molar-refractivity contribution is 6.60. The molecule has 0 aliphatic rings. The number of rotatable bonds is 0. The number of carboxylic acid groups (broad SMARTS) is 1. The lowest BCUT2D eigenvalue weighted by atomic mass is 10.5. The zero-order valence-corrected chi connectivity index (χ0v) is 6.76. The van der Waals surface area contributed by atoms with Gasteiger partial charge < -0.3 is 5.11 Å². The van der Waals surface area contributed by atoms with Gasteiger partial charge in [-0.1, -0.05) is 34.8 Å². The summed E-state index contributed by atoms with van der Waals surface area (Å²) >= 11 is 15.5. The van der Waals surface area contributed by atoms with E-state index in [2.05, 4.69) is 0 Å². The van der Waals surface area contributed by atoms with Crippen molar-refractivity contribution in [1.29, 1.82) is 0 Å². The van der Waals surface area contributed by atoms with E-state index >= 15 is 0 Å². The van der Waals surface area contributed by atoms with Gasteiger partial charge in [-0.15, -0.1) is 0 Å². The first kappa shape index (κ1) is 9.64. The molecule has 0 unspecified atom stereocenters. The summed E-state index contributed by atoms with van der Waals surface area (Å²) < 4.78 is -0.240. The minimum absolute atomic E-state index is 0.175. The van der Waals surface area contributed by atoms with E-state index in [0.29, 0.717) is 0 Å². The quantitative estimate of drug-likeness (QED) is 0.606. The van der Waals surface area contributed by atoms with E-state index in [9.17, 15) is 4.79 Å². The molecule has 0 aromatic carbocycles. The van der Waals surface area contributed by atoms with Crippen LogP contribution in [0.1, 0.15) is 0 Å². The Balaban J connectivity index is 4.34. The molecule has 0 spiro atoms. The molecule has 1 N–H and O–H groups in total. The van der Waals surface area contributed by atoms with Crippen molar-refractivity contribution in [2.75, 3.05) is 0 Å². The Morgan fingerprint density at radius 2 is 1.70 bits per heavy atom. The molecule has 0 aromatic rings. The first-order valence-corrected chi connectivity index (χ1v) is 3.13. The van der Waals surface area contributed by atoms with Gasteiger partial charge in [0.2, 0.25) is 0 Å². The van der Waals surface area contributed by atoms with Gasteiger partial charge in [0, 0.05) is 5.92 Å². The first-order valence-electron chi connectivity index (χ1n) is 1.99. The van der Waals surface area contributed by atoms with Gasteiger partial charge in [0.1, 0.15) is 9.52 Å². The Labute approximate surface area is 72.4 Å². The maximum absolute atomic E-state index is 9.79. The third kappa shape index (κ3) is 4.51. The molecule has 0 atom stereocenters. The van der Waals surface area contributed by atoms with Crippen LogP contribution in [0.5, 0.6) is 0 Å². The fourth-order valence-electron chi connectivity index (χ4n) is 0.156. The van der Waals surface area contributed by atoms with Gasteiger partial charge in [0.15, 0.2) is 0 Å². The summed E-state index contributed by atoms with van der Waals surface area (Å²) in [6, 6.07) is 0. The van der Waals surface area contributed by atoms with Crippen LogP contribution < -0.4 is 0 Å². The molecule has 0 rings (SSSR count). The number of allylic oxidation sites excluding steroid dienone is 1. The monoisotopic (exact) mass is 198 g/mol. The number of carbonyl (C=O) groups is 1. The maximum Gasteiger partial charge on any atom is 0.382 e. The molecule has 0 saturated heterocycles. The maximum atomic E-state index is 9.79. The highest BCUT2D eigenvalue weighted by Crippen LogP contribution is 2.15. The average molecular weight is 199 g/mol. The van der Waals surface area contributed by atoms with Crippen molar-refractivity contribution in [2.24, 2.45) is 0 Å². The molecule has 5 heteroatoms. The lowest BCUT2D eigenvalue weighted by Crippen LogP contribution is -1.86. The Morgan fingerprint density at radius 1 is 1.20 bits per heavy atom. The summed E-state index contributed by atoms with van der Waals surface area (Å²) in [5, 5.41) is 7.83. The molecular formula is C5HCl3O2. The minimum Gasteiger partial charge on any atom is -0.472 e. The first-order chi connectivity index (χ1) is 4.54. The largest absolute Gasteiger partial charge is 0.472 e. The Hall–Kier alpha value is -0.360. The van der Waals surface area contributed by atoms with E-state index in [0.717, 1.165) is 0 Å². The summed E-state index contributed by atoms with van der Waals surface area (Å²) in [5.74, 6) is 2.46. The van der Waals surface area contributed by atoms with Gasteiger partial charge >= 0.3 is 5.97 Å². The normalized spacial score (nSPS) is 7.50. The molecule has 0 bridgehead atoms. The molecule has 0 radical (unpaired) electrons. The molecule has 10 heavy (non-hydrogen) atoms. The van der Waals surface area contributed by atoms with Gasteiger partial charge in [-0.05, 0) is 5.92 Å². The van der Waals surface area contributed by atoms with Crippen molar-refractivity contribution in [3.05, 3.63) is 9.52 Å². The van der Waals surface area contributed by atoms with Crippen molar-refractivity contribution in [3.63, 3.8) is 0 Å². The number of hydrogen-bond acceptors (Lipinski definition) is 1. The highest BCUT2D eigenvalue weighted by Gasteiger charge is 1.92. The lowest BCUT2D eigenvalue weighted by molar-refractivity contribution is -0.130. The SMILES string of the molecule is O=C(O)C#CC(Cl)=C(Cl)Cl.